The number of nitro groups is 1. The summed E-state index contributed by atoms with van der Waals surface area (Å²) in [5.74, 6) is 0.828. The van der Waals surface area contributed by atoms with Gasteiger partial charge in [0.25, 0.3) is 11.6 Å². The van der Waals surface area contributed by atoms with Crippen molar-refractivity contribution in [2.45, 2.75) is 6.92 Å². The Hall–Kier alpha value is -3.59. The minimum Gasteiger partial charge on any atom is -0.486 e. The van der Waals surface area contributed by atoms with E-state index in [9.17, 15) is 14.9 Å². The van der Waals surface area contributed by atoms with Crippen LogP contribution in [0.25, 0.3) is 5.69 Å². The molecule has 0 unspecified atom stereocenters. The molecule has 1 aromatic heterocycles. The van der Waals surface area contributed by atoms with E-state index < -0.39 is 10.8 Å². The van der Waals surface area contributed by atoms with Crippen molar-refractivity contribution in [3.8, 4) is 17.2 Å². The Morgan fingerprint density at radius 3 is 2.66 bits per heavy atom. The molecule has 9 nitrogen and oxygen atoms in total. The lowest BCUT2D eigenvalue weighted by molar-refractivity contribution is -0.384. The van der Waals surface area contributed by atoms with E-state index in [0.717, 1.165) is 0 Å². The maximum Gasteiger partial charge on any atom is 0.269 e. The first kappa shape index (κ1) is 18.8. The van der Waals surface area contributed by atoms with Crippen molar-refractivity contribution in [1.82, 2.24) is 9.78 Å². The number of benzene rings is 2. The molecule has 4 rings (SSSR count). The third kappa shape index (κ3) is 3.72. The number of hydrogen-bond acceptors (Lipinski definition) is 6. The van der Waals surface area contributed by atoms with Crippen LogP contribution in [0.2, 0.25) is 5.02 Å². The fourth-order valence-electron chi connectivity index (χ4n) is 2.93. The number of ether oxygens (including phenoxy) is 2. The predicted molar refractivity (Wildman–Crippen MR) is 105 cm³/mol. The number of halogens is 1. The molecule has 0 atom stereocenters. The molecule has 2 heterocycles. The van der Waals surface area contributed by atoms with Gasteiger partial charge in [0.2, 0.25) is 0 Å². The Bertz CT molecular complexity index is 1110. The fraction of sp³-hybridized carbons (Fsp3) is 0.158. The first-order chi connectivity index (χ1) is 13.9. The summed E-state index contributed by atoms with van der Waals surface area (Å²) in [7, 11) is 0. The zero-order valence-electron chi connectivity index (χ0n) is 15.2. The summed E-state index contributed by atoms with van der Waals surface area (Å²) in [6, 6.07) is 10.6. The number of nitro benzene ring substituents is 1. The van der Waals surface area contributed by atoms with E-state index in [4.69, 9.17) is 21.1 Å². The number of aromatic nitrogens is 2. The Kier molecular flexibility index (Phi) is 4.81. The summed E-state index contributed by atoms with van der Waals surface area (Å²) in [4.78, 5) is 23.2. The SMILES string of the molecule is Cc1cc(NC(=O)c2cc(Cl)c3c(c2)OCCO3)n(-c2ccc([N+](=O)[O-])cc2)n1. The van der Waals surface area contributed by atoms with Gasteiger partial charge >= 0.3 is 0 Å². The standard InChI is InChI=1S/C19H15ClN4O5/c1-11-8-17(23(22-11)13-2-4-14(5-3-13)24(26)27)21-19(25)12-9-15(20)18-16(10-12)28-6-7-29-18/h2-5,8-10H,6-7H2,1H3,(H,21,25). The number of anilines is 1. The Morgan fingerprint density at radius 2 is 1.93 bits per heavy atom. The number of nitrogens with one attached hydrogen (secondary N) is 1. The lowest BCUT2D eigenvalue weighted by atomic mass is 10.1. The smallest absolute Gasteiger partial charge is 0.269 e. The lowest BCUT2D eigenvalue weighted by Gasteiger charge is -2.20. The number of non-ortho nitro benzene ring substituents is 1. The molecule has 0 aliphatic carbocycles. The van der Waals surface area contributed by atoms with Crippen LogP contribution in [0.1, 0.15) is 16.1 Å². The quantitative estimate of drug-likeness (QED) is 0.514. The van der Waals surface area contributed by atoms with Crippen molar-refractivity contribution < 1.29 is 19.2 Å². The summed E-state index contributed by atoms with van der Waals surface area (Å²) in [6.07, 6.45) is 0. The van der Waals surface area contributed by atoms with E-state index in [2.05, 4.69) is 10.4 Å². The van der Waals surface area contributed by atoms with Gasteiger partial charge in [-0.1, -0.05) is 11.6 Å². The van der Waals surface area contributed by atoms with Crippen molar-refractivity contribution in [3.05, 3.63) is 68.9 Å². The topological polar surface area (TPSA) is 109 Å². The van der Waals surface area contributed by atoms with E-state index >= 15 is 0 Å². The van der Waals surface area contributed by atoms with Crippen LogP contribution in [0.3, 0.4) is 0 Å². The summed E-state index contributed by atoms with van der Waals surface area (Å²) in [5.41, 5.74) is 1.50. The lowest BCUT2D eigenvalue weighted by Crippen LogP contribution is -2.18. The van der Waals surface area contributed by atoms with Crippen molar-refractivity contribution in [2.24, 2.45) is 0 Å². The van der Waals surface area contributed by atoms with E-state index in [1.807, 2.05) is 0 Å². The number of fused-ring (bicyclic) bond motifs is 1. The number of hydrogen-bond donors (Lipinski definition) is 1. The molecule has 2 aromatic carbocycles. The van der Waals surface area contributed by atoms with Crippen LogP contribution in [0, 0.1) is 17.0 Å². The fourth-order valence-corrected chi connectivity index (χ4v) is 3.20. The Labute approximate surface area is 170 Å². The summed E-state index contributed by atoms with van der Waals surface area (Å²) >= 11 is 6.21. The molecule has 0 saturated carbocycles. The average Bonchev–Trinajstić information content (AvgIpc) is 3.08. The van der Waals surface area contributed by atoms with Gasteiger partial charge in [0.1, 0.15) is 19.0 Å². The zero-order chi connectivity index (χ0) is 20.5. The maximum absolute atomic E-state index is 12.8. The van der Waals surface area contributed by atoms with Gasteiger partial charge in [-0.2, -0.15) is 5.10 Å². The highest BCUT2D eigenvalue weighted by Gasteiger charge is 2.20. The number of carbonyl (C=O) groups is 1. The zero-order valence-corrected chi connectivity index (χ0v) is 16.0. The molecule has 0 fully saturated rings. The van der Waals surface area contributed by atoms with Gasteiger partial charge < -0.3 is 14.8 Å². The summed E-state index contributed by atoms with van der Waals surface area (Å²) in [5, 5.41) is 18.3. The highest BCUT2D eigenvalue weighted by Crippen LogP contribution is 2.38. The summed E-state index contributed by atoms with van der Waals surface area (Å²) < 4.78 is 12.5. The van der Waals surface area contributed by atoms with Crippen LogP contribution in [-0.4, -0.2) is 33.8 Å². The molecule has 1 aliphatic heterocycles. The molecule has 1 N–H and O–H groups in total. The van der Waals surface area contributed by atoms with Gasteiger partial charge in [0.05, 0.1) is 21.3 Å². The molecule has 0 saturated heterocycles. The molecular weight excluding hydrogens is 400 g/mol. The highest BCUT2D eigenvalue weighted by atomic mass is 35.5. The largest absolute Gasteiger partial charge is 0.486 e. The van der Waals surface area contributed by atoms with Crippen LogP contribution >= 0.6 is 11.6 Å². The first-order valence-electron chi connectivity index (χ1n) is 8.64. The summed E-state index contributed by atoms with van der Waals surface area (Å²) in [6.45, 7) is 2.55. The minimum atomic E-state index is -0.480. The van der Waals surface area contributed by atoms with E-state index in [-0.39, 0.29) is 10.7 Å². The van der Waals surface area contributed by atoms with Crippen molar-refractivity contribution >= 4 is 29.0 Å². The van der Waals surface area contributed by atoms with Crippen LogP contribution in [0.4, 0.5) is 11.5 Å². The number of carbonyl (C=O) groups excluding carboxylic acids is 1. The Balaban J connectivity index is 1.63. The second-order valence-electron chi connectivity index (χ2n) is 6.29. The van der Waals surface area contributed by atoms with E-state index in [0.29, 0.717) is 47.5 Å². The number of nitrogens with zero attached hydrogens (tertiary/aromatic N) is 3. The van der Waals surface area contributed by atoms with Gasteiger partial charge in [0, 0.05) is 23.8 Å². The third-order valence-electron chi connectivity index (χ3n) is 4.24. The normalized spacial score (nSPS) is 12.5. The highest BCUT2D eigenvalue weighted by molar-refractivity contribution is 6.32. The van der Waals surface area contributed by atoms with Crippen molar-refractivity contribution in [2.75, 3.05) is 18.5 Å². The van der Waals surface area contributed by atoms with Gasteiger partial charge in [0.15, 0.2) is 11.5 Å². The molecule has 1 aliphatic rings. The molecule has 10 heteroatoms. The number of aryl methyl sites for hydroxylation is 1. The number of rotatable bonds is 4. The number of amides is 1. The molecular formula is C19H15ClN4O5. The molecule has 1 amide bonds. The first-order valence-corrected chi connectivity index (χ1v) is 9.02. The third-order valence-corrected chi connectivity index (χ3v) is 4.52. The molecule has 148 valence electrons. The van der Waals surface area contributed by atoms with Crippen molar-refractivity contribution in [1.29, 1.82) is 0 Å². The van der Waals surface area contributed by atoms with E-state index in [1.54, 1.807) is 31.2 Å². The van der Waals surface area contributed by atoms with Crippen LogP contribution in [0.15, 0.2) is 42.5 Å². The average molecular weight is 415 g/mol. The van der Waals surface area contributed by atoms with Gasteiger partial charge in [-0.05, 0) is 31.2 Å². The van der Waals surface area contributed by atoms with Gasteiger partial charge in [-0.3, -0.25) is 14.9 Å². The Morgan fingerprint density at radius 1 is 1.21 bits per heavy atom. The molecule has 29 heavy (non-hydrogen) atoms. The van der Waals surface area contributed by atoms with E-state index in [1.165, 1.54) is 22.9 Å². The monoisotopic (exact) mass is 414 g/mol. The minimum absolute atomic E-state index is 0.0332. The van der Waals surface area contributed by atoms with Crippen molar-refractivity contribution in [3.63, 3.8) is 0 Å². The predicted octanol–water partition coefficient (Wildman–Crippen LogP) is 3.77. The molecule has 0 spiro atoms. The molecule has 0 radical (unpaired) electrons. The second-order valence-corrected chi connectivity index (χ2v) is 6.70. The van der Waals surface area contributed by atoms with Crippen LogP contribution in [-0.2, 0) is 0 Å². The van der Waals surface area contributed by atoms with Gasteiger partial charge in [-0.15, -0.1) is 0 Å². The molecule has 3 aromatic rings. The van der Waals surface area contributed by atoms with Crippen LogP contribution < -0.4 is 14.8 Å². The maximum atomic E-state index is 12.8. The van der Waals surface area contributed by atoms with Crippen LogP contribution in [0.5, 0.6) is 11.5 Å². The molecule has 0 bridgehead atoms. The second kappa shape index (κ2) is 7.44. The van der Waals surface area contributed by atoms with Gasteiger partial charge in [-0.25, -0.2) is 4.68 Å².